The molecule has 0 atom stereocenters. The van der Waals surface area contributed by atoms with Crippen LogP contribution in [0.3, 0.4) is 0 Å². The Balaban J connectivity index is 1.98. The summed E-state index contributed by atoms with van der Waals surface area (Å²) < 4.78 is 9.93. The molecule has 23 heavy (non-hydrogen) atoms. The van der Waals surface area contributed by atoms with Crippen LogP contribution >= 0.6 is 0 Å². The van der Waals surface area contributed by atoms with Gasteiger partial charge in [-0.1, -0.05) is 11.2 Å². The van der Waals surface area contributed by atoms with E-state index in [0.717, 1.165) is 0 Å². The number of carboxylic acid groups (broad SMARTS) is 1. The van der Waals surface area contributed by atoms with Crippen LogP contribution in [0.1, 0.15) is 10.6 Å². The summed E-state index contributed by atoms with van der Waals surface area (Å²) in [6.45, 7) is 2.19. The third kappa shape index (κ3) is 2.99. The van der Waals surface area contributed by atoms with E-state index in [9.17, 15) is 14.9 Å². The van der Waals surface area contributed by atoms with Crippen molar-refractivity contribution in [2.24, 2.45) is 0 Å². The number of ether oxygens (including phenoxy) is 1. The summed E-state index contributed by atoms with van der Waals surface area (Å²) in [6, 6.07) is 5.89. The van der Waals surface area contributed by atoms with Gasteiger partial charge in [-0.2, -0.15) is 0 Å². The number of nitro benzene ring substituents is 1. The molecule has 1 aliphatic heterocycles. The van der Waals surface area contributed by atoms with E-state index in [4.69, 9.17) is 9.84 Å². The molecule has 0 amide bonds. The van der Waals surface area contributed by atoms with Gasteiger partial charge in [-0.05, 0) is 6.07 Å². The molecule has 1 aliphatic rings. The lowest BCUT2D eigenvalue weighted by atomic mass is 10.1. The Morgan fingerprint density at radius 3 is 2.65 bits per heavy atom. The van der Waals surface area contributed by atoms with Crippen LogP contribution < -0.4 is 4.90 Å². The maximum atomic E-state index is 11.4. The minimum atomic E-state index is -1.25. The first-order valence-corrected chi connectivity index (χ1v) is 6.88. The fourth-order valence-electron chi connectivity index (χ4n) is 2.41. The van der Waals surface area contributed by atoms with Gasteiger partial charge in [0.2, 0.25) is 5.76 Å². The van der Waals surface area contributed by atoms with Gasteiger partial charge in [-0.3, -0.25) is 10.1 Å². The van der Waals surface area contributed by atoms with Crippen molar-refractivity contribution in [2.45, 2.75) is 0 Å². The molecule has 0 unspecified atom stereocenters. The second-order valence-corrected chi connectivity index (χ2v) is 4.94. The van der Waals surface area contributed by atoms with Crippen LogP contribution in [0.4, 0.5) is 11.4 Å². The Kier molecular flexibility index (Phi) is 3.94. The van der Waals surface area contributed by atoms with Crippen molar-refractivity contribution in [3.05, 3.63) is 40.1 Å². The van der Waals surface area contributed by atoms with E-state index in [1.165, 1.54) is 12.1 Å². The highest BCUT2D eigenvalue weighted by molar-refractivity contribution is 5.86. The van der Waals surface area contributed by atoms with Crippen molar-refractivity contribution in [3.63, 3.8) is 0 Å². The SMILES string of the molecule is O=C(O)c1cc(-c2ccc(N3CCOCC3)c([N+](=O)[O-])c2)no1. The van der Waals surface area contributed by atoms with Crippen LogP contribution in [-0.4, -0.2) is 47.5 Å². The molecule has 9 nitrogen and oxygen atoms in total. The lowest BCUT2D eigenvalue weighted by molar-refractivity contribution is -0.384. The number of hydrogen-bond donors (Lipinski definition) is 1. The van der Waals surface area contributed by atoms with Crippen LogP contribution in [0.2, 0.25) is 0 Å². The molecule has 1 aromatic carbocycles. The number of carbonyl (C=O) groups is 1. The molecule has 3 rings (SSSR count). The van der Waals surface area contributed by atoms with Gasteiger partial charge >= 0.3 is 5.97 Å². The van der Waals surface area contributed by atoms with Crippen molar-refractivity contribution in [3.8, 4) is 11.3 Å². The Hall–Kier alpha value is -2.94. The largest absolute Gasteiger partial charge is 0.475 e. The molecule has 1 aromatic heterocycles. The highest BCUT2D eigenvalue weighted by Gasteiger charge is 2.23. The molecule has 0 radical (unpaired) electrons. The van der Waals surface area contributed by atoms with Gasteiger partial charge < -0.3 is 19.3 Å². The summed E-state index contributed by atoms with van der Waals surface area (Å²) in [6.07, 6.45) is 0. The average Bonchev–Trinajstić information content (AvgIpc) is 3.05. The van der Waals surface area contributed by atoms with Gasteiger partial charge in [0.05, 0.1) is 18.1 Å². The molecule has 9 heteroatoms. The van der Waals surface area contributed by atoms with Crippen LogP contribution in [0.15, 0.2) is 28.8 Å². The van der Waals surface area contributed by atoms with E-state index in [0.29, 0.717) is 37.6 Å². The highest BCUT2D eigenvalue weighted by atomic mass is 16.6. The summed E-state index contributed by atoms with van der Waals surface area (Å²) in [5.41, 5.74) is 1.09. The van der Waals surface area contributed by atoms with Gasteiger partial charge in [-0.15, -0.1) is 0 Å². The number of carboxylic acids is 1. The normalized spacial score (nSPS) is 14.7. The minimum Gasteiger partial charge on any atom is -0.475 e. The number of aromatic nitrogens is 1. The van der Waals surface area contributed by atoms with Gasteiger partial charge in [-0.25, -0.2) is 4.79 Å². The highest BCUT2D eigenvalue weighted by Crippen LogP contribution is 2.33. The molecule has 1 N–H and O–H groups in total. The topological polar surface area (TPSA) is 119 Å². The number of morpholine rings is 1. The van der Waals surface area contributed by atoms with Crippen LogP contribution in [-0.2, 0) is 4.74 Å². The van der Waals surface area contributed by atoms with Crippen molar-refractivity contribution < 1.29 is 24.1 Å². The Morgan fingerprint density at radius 1 is 1.30 bits per heavy atom. The molecule has 1 saturated heterocycles. The molecular weight excluding hydrogens is 306 g/mol. The maximum absolute atomic E-state index is 11.4. The standard InChI is InChI=1S/C14H13N3O6/c18-14(19)13-8-10(15-23-13)9-1-2-11(12(7-9)17(20)21)16-3-5-22-6-4-16/h1-2,7-8H,3-6H2,(H,18,19). The van der Waals surface area contributed by atoms with Crippen LogP contribution in [0, 0.1) is 10.1 Å². The Morgan fingerprint density at radius 2 is 2.04 bits per heavy atom. The van der Waals surface area contributed by atoms with E-state index in [2.05, 4.69) is 9.68 Å². The van der Waals surface area contributed by atoms with Crippen LogP contribution in [0.25, 0.3) is 11.3 Å². The average molecular weight is 319 g/mol. The molecular formula is C14H13N3O6. The predicted molar refractivity (Wildman–Crippen MR) is 78.6 cm³/mol. The van der Waals surface area contributed by atoms with E-state index in [-0.39, 0.29) is 17.1 Å². The number of rotatable bonds is 4. The fourth-order valence-corrected chi connectivity index (χ4v) is 2.41. The number of nitro groups is 1. The molecule has 0 saturated carbocycles. The molecule has 120 valence electrons. The van der Waals surface area contributed by atoms with Gasteiger partial charge in [0.1, 0.15) is 11.4 Å². The second kappa shape index (κ2) is 6.05. The third-order valence-corrected chi connectivity index (χ3v) is 3.54. The van der Waals surface area contributed by atoms with Gasteiger partial charge in [0.15, 0.2) is 0 Å². The molecule has 2 aromatic rings. The fraction of sp³-hybridized carbons (Fsp3) is 0.286. The first kappa shape index (κ1) is 15.0. The zero-order valence-electron chi connectivity index (χ0n) is 12.0. The zero-order chi connectivity index (χ0) is 16.4. The molecule has 2 heterocycles. The third-order valence-electron chi connectivity index (χ3n) is 3.54. The maximum Gasteiger partial charge on any atom is 0.374 e. The van der Waals surface area contributed by atoms with Crippen LogP contribution in [0.5, 0.6) is 0 Å². The lowest BCUT2D eigenvalue weighted by Gasteiger charge is -2.28. The summed E-state index contributed by atoms with van der Waals surface area (Å²) in [5, 5.41) is 23.9. The van der Waals surface area contributed by atoms with Crippen molar-refractivity contribution in [1.82, 2.24) is 5.16 Å². The molecule has 0 aliphatic carbocycles. The van der Waals surface area contributed by atoms with Gasteiger partial charge in [0.25, 0.3) is 5.69 Å². The zero-order valence-corrected chi connectivity index (χ0v) is 12.0. The quantitative estimate of drug-likeness (QED) is 0.669. The van der Waals surface area contributed by atoms with Crippen molar-refractivity contribution in [2.75, 3.05) is 31.2 Å². The Bertz CT molecular complexity index is 751. The number of hydrogen-bond acceptors (Lipinski definition) is 7. The first-order valence-electron chi connectivity index (χ1n) is 6.88. The monoisotopic (exact) mass is 319 g/mol. The smallest absolute Gasteiger partial charge is 0.374 e. The Labute approximate surface area is 130 Å². The van der Waals surface area contributed by atoms with E-state index >= 15 is 0 Å². The summed E-state index contributed by atoms with van der Waals surface area (Å²) >= 11 is 0. The van der Waals surface area contributed by atoms with E-state index < -0.39 is 10.9 Å². The summed E-state index contributed by atoms with van der Waals surface area (Å²) in [5.74, 6) is -1.57. The van der Waals surface area contributed by atoms with Gasteiger partial charge in [0, 0.05) is 30.8 Å². The minimum absolute atomic E-state index is 0.0655. The predicted octanol–water partition coefficient (Wildman–Crippen LogP) is 1.78. The summed E-state index contributed by atoms with van der Waals surface area (Å²) in [4.78, 5) is 23.6. The number of anilines is 1. The first-order chi connectivity index (χ1) is 11.1. The van der Waals surface area contributed by atoms with Crippen molar-refractivity contribution in [1.29, 1.82) is 0 Å². The molecule has 0 spiro atoms. The number of benzene rings is 1. The van der Waals surface area contributed by atoms with E-state index in [1.807, 2.05) is 4.90 Å². The van der Waals surface area contributed by atoms with E-state index in [1.54, 1.807) is 12.1 Å². The van der Waals surface area contributed by atoms with Crippen molar-refractivity contribution >= 4 is 17.3 Å². The number of nitrogens with zero attached hydrogens (tertiary/aromatic N) is 3. The number of aromatic carboxylic acids is 1. The summed E-state index contributed by atoms with van der Waals surface area (Å²) in [7, 11) is 0. The second-order valence-electron chi connectivity index (χ2n) is 4.94. The lowest BCUT2D eigenvalue weighted by Crippen LogP contribution is -2.36. The molecule has 1 fully saturated rings. The molecule has 0 bridgehead atoms.